The topological polar surface area (TPSA) is 25.2 Å². The van der Waals surface area contributed by atoms with Crippen LogP contribution in [0.25, 0.3) is 10.9 Å². The molecule has 0 unspecified atom stereocenters. The van der Waals surface area contributed by atoms with Crippen LogP contribution in [-0.4, -0.2) is 9.67 Å². The second kappa shape index (κ2) is 5.19. The molecule has 0 aliphatic rings. The summed E-state index contributed by atoms with van der Waals surface area (Å²) in [6, 6.07) is 16.5. The predicted molar refractivity (Wildman–Crippen MR) is 81.1 cm³/mol. The van der Waals surface area contributed by atoms with Gasteiger partial charge in [0.05, 0.1) is 6.61 Å². The minimum absolute atomic E-state index is 0.0900. The average Bonchev–Trinajstić information content (AvgIpc) is 2.81. The van der Waals surface area contributed by atoms with Gasteiger partial charge in [-0.05, 0) is 46.8 Å². The fraction of sp³-hybridized carbons (Fsp3) is 0.125. The van der Waals surface area contributed by atoms with Crippen LogP contribution in [0.2, 0.25) is 0 Å². The van der Waals surface area contributed by atoms with Gasteiger partial charge in [-0.3, -0.25) is 0 Å². The van der Waals surface area contributed by atoms with Gasteiger partial charge in [-0.25, -0.2) is 0 Å². The van der Waals surface area contributed by atoms with E-state index in [1.807, 2.05) is 18.2 Å². The maximum atomic E-state index is 9.16. The first kappa shape index (κ1) is 12.5. The van der Waals surface area contributed by atoms with E-state index in [0.717, 1.165) is 16.6 Å². The van der Waals surface area contributed by atoms with Crippen molar-refractivity contribution >= 4 is 26.8 Å². The van der Waals surface area contributed by atoms with Crippen molar-refractivity contribution in [1.29, 1.82) is 0 Å². The summed E-state index contributed by atoms with van der Waals surface area (Å²) in [6.45, 7) is 0.939. The maximum Gasteiger partial charge on any atom is 0.0682 e. The Balaban J connectivity index is 1.97. The number of hydrogen-bond donors (Lipinski definition) is 1. The zero-order chi connectivity index (χ0) is 13.2. The van der Waals surface area contributed by atoms with Crippen molar-refractivity contribution in [3.8, 4) is 0 Å². The molecular formula is C16H14BrNO. The zero-order valence-corrected chi connectivity index (χ0v) is 12.0. The second-order valence-corrected chi connectivity index (χ2v) is 5.54. The van der Waals surface area contributed by atoms with E-state index in [1.165, 1.54) is 16.5 Å². The van der Waals surface area contributed by atoms with Crippen molar-refractivity contribution in [3.63, 3.8) is 0 Å². The highest BCUT2D eigenvalue weighted by Gasteiger charge is 2.03. The molecule has 0 saturated heterocycles. The summed E-state index contributed by atoms with van der Waals surface area (Å²) in [5, 5.41) is 10.3. The molecule has 0 atom stereocenters. The van der Waals surface area contributed by atoms with Crippen molar-refractivity contribution in [2.45, 2.75) is 13.2 Å². The molecule has 1 N–H and O–H groups in total. The van der Waals surface area contributed by atoms with Crippen molar-refractivity contribution in [2.24, 2.45) is 0 Å². The molecule has 0 aliphatic carbocycles. The number of rotatable bonds is 3. The lowest BCUT2D eigenvalue weighted by atomic mass is 10.1. The van der Waals surface area contributed by atoms with Gasteiger partial charge in [-0.2, -0.15) is 0 Å². The first-order chi connectivity index (χ1) is 9.26. The molecule has 2 aromatic carbocycles. The summed E-state index contributed by atoms with van der Waals surface area (Å²) in [6.07, 6.45) is 2.09. The summed E-state index contributed by atoms with van der Waals surface area (Å²) >= 11 is 3.50. The van der Waals surface area contributed by atoms with E-state index < -0.39 is 0 Å². The fourth-order valence-electron chi connectivity index (χ4n) is 2.32. The molecule has 0 bridgehead atoms. The van der Waals surface area contributed by atoms with Crippen LogP contribution in [0.4, 0.5) is 0 Å². The number of hydrogen-bond acceptors (Lipinski definition) is 1. The lowest BCUT2D eigenvalue weighted by Gasteiger charge is -2.06. The number of benzene rings is 2. The van der Waals surface area contributed by atoms with Crippen LogP contribution in [0.15, 0.2) is 59.2 Å². The molecule has 0 fully saturated rings. The van der Waals surface area contributed by atoms with Crippen molar-refractivity contribution < 1.29 is 5.11 Å². The van der Waals surface area contributed by atoms with Crippen molar-refractivity contribution in [3.05, 3.63) is 70.3 Å². The number of aromatic nitrogens is 1. The molecule has 1 heterocycles. The lowest BCUT2D eigenvalue weighted by molar-refractivity contribution is 0.282. The average molecular weight is 316 g/mol. The van der Waals surface area contributed by atoms with Crippen LogP contribution in [0.1, 0.15) is 11.1 Å². The van der Waals surface area contributed by atoms with Gasteiger partial charge in [0.15, 0.2) is 0 Å². The van der Waals surface area contributed by atoms with E-state index >= 15 is 0 Å². The highest BCUT2D eigenvalue weighted by molar-refractivity contribution is 9.10. The standard InChI is InChI=1S/C16H14BrNO/c17-15-3-1-2-12(9-15)10-18-7-6-14-8-13(11-19)4-5-16(14)18/h1-9,19H,10-11H2. The van der Waals surface area contributed by atoms with E-state index in [0.29, 0.717) is 0 Å². The minimum atomic E-state index is 0.0900. The number of nitrogens with zero attached hydrogens (tertiary/aromatic N) is 1. The van der Waals surface area contributed by atoms with Crippen LogP contribution in [0.3, 0.4) is 0 Å². The molecule has 19 heavy (non-hydrogen) atoms. The molecule has 2 nitrogen and oxygen atoms in total. The Morgan fingerprint density at radius 2 is 1.89 bits per heavy atom. The third kappa shape index (κ3) is 2.57. The van der Waals surface area contributed by atoms with E-state index in [9.17, 15) is 0 Å². The lowest BCUT2D eigenvalue weighted by Crippen LogP contribution is -1.97. The van der Waals surface area contributed by atoms with Crippen LogP contribution < -0.4 is 0 Å². The number of aliphatic hydroxyl groups is 1. The van der Waals surface area contributed by atoms with E-state index in [-0.39, 0.29) is 6.61 Å². The van der Waals surface area contributed by atoms with Crippen LogP contribution in [-0.2, 0) is 13.2 Å². The van der Waals surface area contributed by atoms with Gasteiger partial charge in [0, 0.05) is 22.7 Å². The summed E-state index contributed by atoms with van der Waals surface area (Å²) in [4.78, 5) is 0. The van der Waals surface area contributed by atoms with E-state index in [2.05, 4.69) is 57.0 Å². The molecule has 0 spiro atoms. The van der Waals surface area contributed by atoms with Gasteiger partial charge < -0.3 is 9.67 Å². The molecule has 1 aromatic heterocycles. The van der Waals surface area contributed by atoms with Crippen molar-refractivity contribution in [1.82, 2.24) is 4.57 Å². The van der Waals surface area contributed by atoms with Gasteiger partial charge >= 0.3 is 0 Å². The minimum Gasteiger partial charge on any atom is -0.392 e. The van der Waals surface area contributed by atoms with Crippen LogP contribution >= 0.6 is 15.9 Å². The number of fused-ring (bicyclic) bond motifs is 1. The van der Waals surface area contributed by atoms with Gasteiger partial charge in [0.2, 0.25) is 0 Å². The zero-order valence-electron chi connectivity index (χ0n) is 10.4. The number of aliphatic hydroxyl groups excluding tert-OH is 1. The van der Waals surface area contributed by atoms with Crippen molar-refractivity contribution in [2.75, 3.05) is 0 Å². The summed E-state index contributed by atoms with van der Waals surface area (Å²) < 4.78 is 3.32. The summed E-state index contributed by atoms with van der Waals surface area (Å²) in [7, 11) is 0. The molecule has 3 rings (SSSR count). The highest BCUT2D eigenvalue weighted by atomic mass is 79.9. The Labute approximate surface area is 120 Å². The van der Waals surface area contributed by atoms with Gasteiger partial charge in [0.1, 0.15) is 0 Å². The SMILES string of the molecule is OCc1ccc2c(ccn2Cc2cccc(Br)c2)c1. The Morgan fingerprint density at radius 1 is 1.00 bits per heavy atom. The Hall–Kier alpha value is -1.58. The Morgan fingerprint density at radius 3 is 2.68 bits per heavy atom. The summed E-state index contributed by atoms with van der Waals surface area (Å²) in [5.41, 5.74) is 3.41. The second-order valence-electron chi connectivity index (χ2n) is 4.62. The Kier molecular flexibility index (Phi) is 3.40. The van der Waals surface area contributed by atoms with E-state index in [1.54, 1.807) is 0 Å². The Bertz CT molecular complexity index is 718. The predicted octanol–water partition coefficient (Wildman–Crippen LogP) is 3.94. The summed E-state index contributed by atoms with van der Waals surface area (Å²) in [5.74, 6) is 0. The third-order valence-corrected chi connectivity index (χ3v) is 3.75. The molecule has 0 aliphatic heterocycles. The third-order valence-electron chi connectivity index (χ3n) is 3.26. The smallest absolute Gasteiger partial charge is 0.0682 e. The molecule has 0 saturated carbocycles. The molecule has 3 aromatic rings. The first-order valence-electron chi connectivity index (χ1n) is 6.19. The molecule has 96 valence electrons. The van der Waals surface area contributed by atoms with Gasteiger partial charge in [-0.1, -0.05) is 34.1 Å². The van der Waals surface area contributed by atoms with Gasteiger partial charge in [0.25, 0.3) is 0 Å². The monoisotopic (exact) mass is 315 g/mol. The molecule has 0 amide bonds. The fourth-order valence-corrected chi connectivity index (χ4v) is 2.76. The highest BCUT2D eigenvalue weighted by Crippen LogP contribution is 2.20. The quantitative estimate of drug-likeness (QED) is 0.778. The largest absolute Gasteiger partial charge is 0.392 e. The van der Waals surface area contributed by atoms with E-state index in [4.69, 9.17) is 5.11 Å². The van der Waals surface area contributed by atoms with Crippen LogP contribution in [0, 0.1) is 0 Å². The first-order valence-corrected chi connectivity index (χ1v) is 6.98. The molecule has 3 heteroatoms. The molecule has 0 radical (unpaired) electrons. The maximum absolute atomic E-state index is 9.16. The number of halogens is 1. The van der Waals surface area contributed by atoms with Crippen LogP contribution in [0.5, 0.6) is 0 Å². The molecular weight excluding hydrogens is 302 g/mol. The van der Waals surface area contributed by atoms with Gasteiger partial charge in [-0.15, -0.1) is 0 Å². The normalized spacial score (nSPS) is 11.1.